The second-order valence-corrected chi connectivity index (χ2v) is 11.3. The van der Waals surface area contributed by atoms with E-state index in [0.29, 0.717) is 24.3 Å². The zero-order chi connectivity index (χ0) is 27.6. The molecule has 0 unspecified atom stereocenters. The summed E-state index contributed by atoms with van der Waals surface area (Å²) in [5, 5.41) is 3.00. The number of benzene rings is 2. The lowest BCUT2D eigenvalue weighted by Gasteiger charge is -2.32. The molecule has 9 heteroatoms. The van der Waals surface area contributed by atoms with Crippen molar-refractivity contribution in [3.05, 3.63) is 59.7 Å². The summed E-state index contributed by atoms with van der Waals surface area (Å²) in [6, 6.07) is 14.0. The topological polar surface area (TPSA) is 96.0 Å². The Morgan fingerprint density at radius 3 is 2.35 bits per heavy atom. The number of ether oxygens (including phenoxy) is 1. The fourth-order valence-electron chi connectivity index (χ4n) is 4.12. The first-order valence-corrected chi connectivity index (χ1v) is 14.6. The second kappa shape index (κ2) is 14.0. The van der Waals surface area contributed by atoms with Gasteiger partial charge in [0.25, 0.3) is 0 Å². The Hall–Kier alpha value is -3.07. The lowest BCUT2D eigenvalue weighted by atomic mass is 10.1. The molecule has 8 nitrogen and oxygen atoms in total. The van der Waals surface area contributed by atoms with Gasteiger partial charge in [0.1, 0.15) is 11.8 Å². The molecule has 2 atom stereocenters. The molecule has 0 aliphatic rings. The number of methoxy groups -OCH3 is 1. The lowest BCUT2D eigenvalue weighted by Crippen LogP contribution is -2.50. The van der Waals surface area contributed by atoms with Crippen LogP contribution in [0.5, 0.6) is 5.75 Å². The fraction of sp³-hybridized carbons (Fsp3) is 0.500. The maximum atomic E-state index is 13.5. The van der Waals surface area contributed by atoms with Crippen molar-refractivity contribution in [2.24, 2.45) is 0 Å². The van der Waals surface area contributed by atoms with E-state index in [9.17, 15) is 18.0 Å². The summed E-state index contributed by atoms with van der Waals surface area (Å²) in [4.78, 5) is 28.2. The first-order chi connectivity index (χ1) is 17.5. The van der Waals surface area contributed by atoms with E-state index < -0.39 is 16.1 Å². The highest BCUT2D eigenvalue weighted by Crippen LogP contribution is 2.21. The average Bonchev–Trinajstić information content (AvgIpc) is 2.85. The third-order valence-electron chi connectivity index (χ3n) is 6.32. The van der Waals surface area contributed by atoms with Crippen LogP contribution in [0, 0.1) is 6.92 Å². The third kappa shape index (κ3) is 9.07. The number of nitrogens with one attached hydrogen (secondary N) is 1. The number of hydrogen-bond acceptors (Lipinski definition) is 5. The maximum absolute atomic E-state index is 13.5. The van der Waals surface area contributed by atoms with Gasteiger partial charge >= 0.3 is 0 Å². The van der Waals surface area contributed by atoms with Gasteiger partial charge in [-0.3, -0.25) is 13.9 Å². The van der Waals surface area contributed by atoms with E-state index in [0.717, 1.165) is 17.5 Å². The zero-order valence-corrected chi connectivity index (χ0v) is 23.7. The molecule has 0 aliphatic carbocycles. The van der Waals surface area contributed by atoms with Crippen LogP contribution in [-0.4, -0.2) is 57.1 Å². The van der Waals surface area contributed by atoms with Crippen LogP contribution in [0.3, 0.4) is 0 Å². The van der Waals surface area contributed by atoms with E-state index in [1.807, 2.05) is 70.2 Å². The minimum absolute atomic E-state index is 0.00651. The highest BCUT2D eigenvalue weighted by molar-refractivity contribution is 7.92. The maximum Gasteiger partial charge on any atom is 0.243 e. The molecule has 37 heavy (non-hydrogen) atoms. The molecule has 2 aromatic carbocycles. The zero-order valence-electron chi connectivity index (χ0n) is 22.9. The Balaban J connectivity index is 2.25. The Morgan fingerprint density at radius 2 is 1.76 bits per heavy atom. The van der Waals surface area contributed by atoms with Gasteiger partial charge in [-0.15, -0.1) is 0 Å². The van der Waals surface area contributed by atoms with Gasteiger partial charge in [-0.05, 0) is 68.5 Å². The molecule has 2 rings (SSSR count). The number of amides is 2. The van der Waals surface area contributed by atoms with E-state index >= 15 is 0 Å². The SMILES string of the molecule is CC[C@H](C(=O)N[C@@H](C)CC)N(Cc1cccc(OC)c1)C(=O)CCCN(c1cccc(C)c1)S(C)(=O)=O. The largest absolute Gasteiger partial charge is 0.497 e. The Bertz CT molecular complexity index is 1150. The van der Waals surface area contributed by atoms with Crippen LogP contribution < -0.4 is 14.4 Å². The summed E-state index contributed by atoms with van der Waals surface area (Å²) in [7, 11) is -1.95. The molecule has 0 aromatic heterocycles. The minimum atomic E-state index is -3.53. The third-order valence-corrected chi connectivity index (χ3v) is 7.51. The monoisotopic (exact) mass is 531 g/mol. The van der Waals surface area contributed by atoms with E-state index in [-0.39, 0.29) is 37.4 Å². The van der Waals surface area contributed by atoms with E-state index in [1.54, 1.807) is 18.1 Å². The molecule has 0 heterocycles. The van der Waals surface area contributed by atoms with Gasteiger partial charge < -0.3 is 15.0 Å². The van der Waals surface area contributed by atoms with Gasteiger partial charge in [-0.25, -0.2) is 8.42 Å². The van der Waals surface area contributed by atoms with Crippen LogP contribution >= 0.6 is 0 Å². The van der Waals surface area contributed by atoms with Crippen molar-refractivity contribution in [3.63, 3.8) is 0 Å². The van der Waals surface area contributed by atoms with Crippen LogP contribution in [0.1, 0.15) is 57.6 Å². The molecular weight excluding hydrogens is 490 g/mol. The van der Waals surface area contributed by atoms with Crippen molar-refractivity contribution < 1.29 is 22.7 Å². The standard InChI is InChI=1S/C28H41N3O5S/c1-7-22(4)29-28(33)26(8-2)30(20-23-13-10-15-25(19-23)36-5)27(32)16-11-17-31(37(6,34)35)24-14-9-12-21(3)18-24/h9-10,12-15,18-19,22,26H,7-8,11,16-17,20H2,1-6H3,(H,29,33)/t22-,26+/m0/s1. The van der Waals surface area contributed by atoms with Crippen molar-refractivity contribution in [2.75, 3.05) is 24.2 Å². The van der Waals surface area contributed by atoms with Crippen LogP contribution in [0.25, 0.3) is 0 Å². The Kier molecular flexibility index (Phi) is 11.4. The first kappa shape index (κ1) is 30.2. The second-order valence-electron chi connectivity index (χ2n) is 9.39. The van der Waals surface area contributed by atoms with E-state index in [4.69, 9.17) is 4.74 Å². The van der Waals surface area contributed by atoms with Crippen LogP contribution in [-0.2, 0) is 26.2 Å². The molecule has 0 aliphatic heterocycles. The fourth-order valence-corrected chi connectivity index (χ4v) is 5.07. The van der Waals surface area contributed by atoms with Crippen molar-refractivity contribution in [1.82, 2.24) is 10.2 Å². The number of aryl methyl sites for hydroxylation is 1. The van der Waals surface area contributed by atoms with Gasteiger partial charge in [0.05, 0.1) is 19.1 Å². The molecule has 0 radical (unpaired) electrons. The number of carbonyl (C=O) groups excluding carboxylic acids is 2. The van der Waals surface area contributed by atoms with Gasteiger partial charge in [-0.1, -0.05) is 38.1 Å². The molecule has 0 bridgehead atoms. The smallest absolute Gasteiger partial charge is 0.243 e. The van der Waals surface area contributed by atoms with Crippen molar-refractivity contribution in [1.29, 1.82) is 0 Å². The first-order valence-electron chi connectivity index (χ1n) is 12.8. The van der Waals surface area contributed by atoms with Crippen molar-refractivity contribution in [2.45, 2.75) is 72.0 Å². The predicted molar refractivity (Wildman–Crippen MR) is 148 cm³/mol. The number of hydrogen-bond donors (Lipinski definition) is 1. The van der Waals surface area contributed by atoms with Crippen molar-refractivity contribution in [3.8, 4) is 5.75 Å². The number of nitrogens with zero attached hydrogens (tertiary/aromatic N) is 2. The summed E-state index contributed by atoms with van der Waals surface area (Å²) >= 11 is 0. The molecule has 204 valence electrons. The molecule has 0 spiro atoms. The number of carbonyl (C=O) groups is 2. The minimum Gasteiger partial charge on any atom is -0.497 e. The number of rotatable bonds is 14. The molecule has 0 saturated heterocycles. The predicted octanol–water partition coefficient (Wildman–Crippen LogP) is 4.27. The van der Waals surface area contributed by atoms with Crippen LogP contribution in [0.4, 0.5) is 5.69 Å². The van der Waals surface area contributed by atoms with Gasteiger partial charge in [0.15, 0.2) is 0 Å². The van der Waals surface area contributed by atoms with Crippen LogP contribution in [0.15, 0.2) is 48.5 Å². The summed E-state index contributed by atoms with van der Waals surface area (Å²) < 4.78 is 31.6. The number of sulfonamides is 1. The van der Waals surface area contributed by atoms with Gasteiger partial charge in [0.2, 0.25) is 21.8 Å². The normalized spacial score (nSPS) is 12.9. The summed E-state index contributed by atoms with van der Waals surface area (Å²) in [5.74, 6) is 0.279. The summed E-state index contributed by atoms with van der Waals surface area (Å²) in [6.07, 6.45) is 2.83. The highest BCUT2D eigenvalue weighted by atomic mass is 32.2. The van der Waals surface area contributed by atoms with Crippen molar-refractivity contribution >= 4 is 27.5 Å². The van der Waals surface area contributed by atoms with Gasteiger partial charge in [0, 0.05) is 25.6 Å². The number of anilines is 1. The lowest BCUT2D eigenvalue weighted by molar-refractivity contribution is -0.141. The molecule has 1 N–H and O–H groups in total. The Morgan fingerprint density at radius 1 is 1.05 bits per heavy atom. The van der Waals surface area contributed by atoms with Crippen LogP contribution in [0.2, 0.25) is 0 Å². The molecule has 0 saturated carbocycles. The summed E-state index contributed by atoms with van der Waals surface area (Å²) in [6.45, 7) is 8.12. The summed E-state index contributed by atoms with van der Waals surface area (Å²) in [5.41, 5.74) is 2.37. The quantitative estimate of drug-likeness (QED) is 0.393. The average molecular weight is 532 g/mol. The molecular formula is C28H41N3O5S. The van der Waals surface area contributed by atoms with E-state index in [2.05, 4.69) is 5.32 Å². The van der Waals surface area contributed by atoms with E-state index in [1.165, 1.54) is 10.6 Å². The molecule has 2 amide bonds. The molecule has 0 fully saturated rings. The molecule has 2 aromatic rings. The van der Waals surface area contributed by atoms with Gasteiger partial charge in [-0.2, -0.15) is 0 Å². The highest BCUT2D eigenvalue weighted by Gasteiger charge is 2.29. The Labute approximate surface area is 222 Å².